The van der Waals surface area contributed by atoms with Crippen molar-refractivity contribution in [2.75, 3.05) is 12.4 Å². The molecule has 1 aliphatic rings. The highest BCUT2D eigenvalue weighted by Crippen LogP contribution is 2.13. The molecular formula is C15H19N3O2S. The highest BCUT2D eigenvalue weighted by Gasteiger charge is 2.15. The number of amides is 1. The van der Waals surface area contributed by atoms with Crippen molar-refractivity contribution in [2.24, 2.45) is 16.1 Å². The summed E-state index contributed by atoms with van der Waals surface area (Å²) in [6, 6.07) is 7.70. The summed E-state index contributed by atoms with van der Waals surface area (Å²) in [4.78, 5) is 11.0. The number of carbonyl (C=O) groups excluding carboxylic acids is 1. The first-order valence-corrected chi connectivity index (χ1v) is 7.88. The lowest BCUT2D eigenvalue weighted by molar-refractivity contribution is -0.116. The Hall–Kier alpha value is -1.82. The van der Waals surface area contributed by atoms with E-state index >= 15 is 0 Å². The van der Waals surface area contributed by atoms with Crippen LogP contribution in [0.1, 0.15) is 25.8 Å². The molecule has 0 radical (unpaired) electrons. The van der Waals surface area contributed by atoms with Crippen LogP contribution in [-0.4, -0.2) is 29.6 Å². The smallest absolute Gasteiger partial charge is 0.236 e. The number of amidine groups is 1. The summed E-state index contributed by atoms with van der Waals surface area (Å²) in [5.41, 5.74) is 0.913. The van der Waals surface area contributed by atoms with Crippen LogP contribution < -0.4 is 10.1 Å². The number of carbonyl (C=O) groups is 1. The van der Waals surface area contributed by atoms with Crippen LogP contribution in [0.5, 0.6) is 5.75 Å². The molecule has 21 heavy (non-hydrogen) atoms. The van der Waals surface area contributed by atoms with Crippen LogP contribution in [0.15, 0.2) is 34.5 Å². The Bertz CT molecular complexity index is 556. The van der Waals surface area contributed by atoms with Crippen molar-refractivity contribution in [3.05, 3.63) is 29.8 Å². The first kappa shape index (κ1) is 15.6. The monoisotopic (exact) mass is 305 g/mol. The highest BCUT2D eigenvalue weighted by molar-refractivity contribution is 8.15. The second-order valence-corrected chi connectivity index (χ2v) is 6.05. The van der Waals surface area contributed by atoms with Gasteiger partial charge in [-0.05, 0) is 30.0 Å². The molecule has 0 aliphatic carbocycles. The number of hydrogen-bond acceptors (Lipinski definition) is 5. The fourth-order valence-corrected chi connectivity index (χ4v) is 2.26. The normalized spacial score (nSPS) is 16.9. The van der Waals surface area contributed by atoms with Crippen LogP contribution in [0.4, 0.5) is 0 Å². The molecule has 5 nitrogen and oxygen atoms in total. The molecule has 1 fully saturated rings. The van der Waals surface area contributed by atoms with Crippen LogP contribution in [0.2, 0.25) is 0 Å². The maximum absolute atomic E-state index is 11.0. The number of nitrogens with one attached hydrogen (secondary N) is 1. The number of nitrogens with zero attached hydrogens (tertiary/aromatic N) is 2. The van der Waals surface area contributed by atoms with Crippen molar-refractivity contribution >= 4 is 29.1 Å². The zero-order chi connectivity index (χ0) is 15.1. The van der Waals surface area contributed by atoms with Gasteiger partial charge in [-0.15, -0.1) is 5.10 Å². The first-order chi connectivity index (χ1) is 10.1. The summed E-state index contributed by atoms with van der Waals surface area (Å²) in [5, 5.41) is 11.1. The zero-order valence-corrected chi connectivity index (χ0v) is 13.0. The second kappa shape index (κ2) is 7.83. The number of benzene rings is 1. The molecule has 112 valence electrons. The van der Waals surface area contributed by atoms with Crippen molar-refractivity contribution in [3.63, 3.8) is 0 Å². The van der Waals surface area contributed by atoms with Crippen LogP contribution in [0.3, 0.4) is 0 Å². The van der Waals surface area contributed by atoms with Gasteiger partial charge in [0, 0.05) is 0 Å². The van der Waals surface area contributed by atoms with Gasteiger partial charge in [0.05, 0.1) is 18.6 Å². The molecule has 2 rings (SSSR count). The van der Waals surface area contributed by atoms with Crippen LogP contribution in [-0.2, 0) is 4.79 Å². The molecule has 0 saturated carbocycles. The summed E-state index contributed by atoms with van der Waals surface area (Å²) >= 11 is 1.35. The first-order valence-electron chi connectivity index (χ1n) is 6.90. The van der Waals surface area contributed by atoms with Crippen molar-refractivity contribution in [1.82, 2.24) is 5.32 Å². The van der Waals surface area contributed by atoms with E-state index < -0.39 is 0 Å². The van der Waals surface area contributed by atoms with Gasteiger partial charge in [-0.25, -0.2) is 0 Å². The number of thioether (sulfide) groups is 1. The van der Waals surface area contributed by atoms with Gasteiger partial charge in [0.25, 0.3) is 0 Å². The van der Waals surface area contributed by atoms with Gasteiger partial charge in [-0.1, -0.05) is 37.7 Å². The van der Waals surface area contributed by atoms with Crippen molar-refractivity contribution in [2.45, 2.75) is 20.3 Å². The van der Waals surface area contributed by atoms with E-state index in [0.717, 1.165) is 17.7 Å². The van der Waals surface area contributed by atoms with Crippen LogP contribution in [0, 0.1) is 5.92 Å². The summed E-state index contributed by atoms with van der Waals surface area (Å²) < 4.78 is 5.69. The highest BCUT2D eigenvalue weighted by atomic mass is 32.2. The Kier molecular flexibility index (Phi) is 5.80. The predicted octanol–water partition coefficient (Wildman–Crippen LogP) is 2.66. The largest absolute Gasteiger partial charge is 0.494 e. The van der Waals surface area contributed by atoms with Gasteiger partial charge < -0.3 is 10.1 Å². The Balaban J connectivity index is 1.90. The zero-order valence-electron chi connectivity index (χ0n) is 12.2. The van der Waals surface area contributed by atoms with E-state index in [2.05, 4.69) is 29.4 Å². The lowest BCUT2D eigenvalue weighted by Gasteiger charge is -2.08. The van der Waals surface area contributed by atoms with E-state index in [4.69, 9.17) is 4.74 Å². The van der Waals surface area contributed by atoms with Gasteiger partial charge in [0.1, 0.15) is 5.75 Å². The Labute approximate surface area is 128 Å². The Morgan fingerprint density at radius 3 is 3.05 bits per heavy atom. The maximum atomic E-state index is 11.0. The van der Waals surface area contributed by atoms with Gasteiger partial charge in [-0.2, -0.15) is 5.10 Å². The Morgan fingerprint density at radius 2 is 2.33 bits per heavy atom. The molecule has 1 aromatic rings. The van der Waals surface area contributed by atoms with E-state index in [1.807, 2.05) is 24.3 Å². The fourth-order valence-electron chi connectivity index (χ4n) is 1.62. The van der Waals surface area contributed by atoms with Gasteiger partial charge in [0.15, 0.2) is 5.17 Å². The molecular weight excluding hydrogens is 286 g/mol. The van der Waals surface area contributed by atoms with E-state index in [1.165, 1.54) is 11.8 Å². The van der Waals surface area contributed by atoms with Crippen molar-refractivity contribution < 1.29 is 9.53 Å². The molecule has 1 N–H and O–H groups in total. The van der Waals surface area contributed by atoms with Crippen LogP contribution in [0.25, 0.3) is 0 Å². The molecule has 1 aliphatic heterocycles. The van der Waals surface area contributed by atoms with E-state index in [9.17, 15) is 4.79 Å². The van der Waals surface area contributed by atoms with Gasteiger partial charge >= 0.3 is 0 Å². The van der Waals surface area contributed by atoms with Gasteiger partial charge in [-0.3, -0.25) is 4.79 Å². The standard InChI is InChI=1S/C15H19N3O2S/c1-11(2)6-7-20-13-5-3-4-12(8-13)9-16-18-15-17-14(19)10-21-15/h3-5,8-9,11H,6-7,10H2,1-2H3,(H,17,18,19). The minimum atomic E-state index is -0.0329. The van der Waals surface area contributed by atoms with Crippen molar-refractivity contribution in [1.29, 1.82) is 0 Å². The fraction of sp³-hybridized carbons (Fsp3) is 0.400. The molecule has 0 bridgehead atoms. The van der Waals surface area contributed by atoms with E-state index in [1.54, 1.807) is 6.21 Å². The summed E-state index contributed by atoms with van der Waals surface area (Å²) in [6.45, 7) is 5.06. The molecule has 0 aromatic heterocycles. The maximum Gasteiger partial charge on any atom is 0.236 e. The molecule has 1 aromatic carbocycles. The molecule has 1 heterocycles. The predicted molar refractivity (Wildman–Crippen MR) is 87.0 cm³/mol. The van der Waals surface area contributed by atoms with E-state index in [-0.39, 0.29) is 5.91 Å². The Morgan fingerprint density at radius 1 is 1.48 bits per heavy atom. The molecule has 0 unspecified atom stereocenters. The topological polar surface area (TPSA) is 63.1 Å². The molecule has 0 atom stereocenters. The number of hydrogen-bond donors (Lipinski definition) is 1. The summed E-state index contributed by atoms with van der Waals surface area (Å²) in [6.07, 6.45) is 2.68. The molecule has 0 spiro atoms. The molecule has 1 saturated heterocycles. The third-order valence-corrected chi connectivity index (χ3v) is 3.63. The van der Waals surface area contributed by atoms with E-state index in [0.29, 0.717) is 23.4 Å². The SMILES string of the molecule is CC(C)CCOc1cccc(C=NN=C2NC(=O)CS2)c1. The minimum Gasteiger partial charge on any atom is -0.494 e. The number of rotatable bonds is 6. The molecule has 1 amide bonds. The molecule has 6 heteroatoms. The summed E-state index contributed by atoms with van der Waals surface area (Å²) in [7, 11) is 0. The average Bonchev–Trinajstić information content (AvgIpc) is 2.85. The van der Waals surface area contributed by atoms with Gasteiger partial charge in [0.2, 0.25) is 5.91 Å². The second-order valence-electron chi connectivity index (χ2n) is 5.09. The average molecular weight is 305 g/mol. The third-order valence-electron chi connectivity index (χ3n) is 2.76. The van der Waals surface area contributed by atoms with Crippen molar-refractivity contribution in [3.8, 4) is 5.75 Å². The lowest BCUT2D eigenvalue weighted by atomic mass is 10.1. The lowest BCUT2D eigenvalue weighted by Crippen LogP contribution is -2.19. The number of ether oxygens (including phenoxy) is 1. The quantitative estimate of drug-likeness (QED) is 0.649. The summed E-state index contributed by atoms with van der Waals surface area (Å²) in [5.74, 6) is 1.84. The van der Waals surface area contributed by atoms with Crippen LogP contribution >= 0.6 is 11.8 Å². The third kappa shape index (κ3) is 5.59. The minimum absolute atomic E-state index is 0.0329.